The van der Waals surface area contributed by atoms with Gasteiger partial charge in [0.2, 0.25) is 0 Å². The third-order valence-electron chi connectivity index (χ3n) is 3.15. The highest BCUT2D eigenvalue weighted by Gasteiger charge is 2.37. The van der Waals surface area contributed by atoms with Crippen molar-refractivity contribution in [2.45, 2.75) is 43.7 Å². The van der Waals surface area contributed by atoms with Gasteiger partial charge < -0.3 is 15.3 Å². The molecule has 0 aromatic carbocycles. The Morgan fingerprint density at radius 1 is 1.36 bits per heavy atom. The molecule has 14 heavy (non-hydrogen) atoms. The van der Waals surface area contributed by atoms with Crippen LogP contribution in [0, 0.1) is 0 Å². The van der Waals surface area contributed by atoms with Crippen LogP contribution in [0.5, 0.6) is 0 Å². The Kier molecular flexibility index (Phi) is 2.61. The first kappa shape index (κ1) is 9.74. The molecule has 1 aliphatic carbocycles. The van der Waals surface area contributed by atoms with Crippen molar-refractivity contribution in [2.24, 2.45) is 5.73 Å². The van der Waals surface area contributed by atoms with Gasteiger partial charge in [0.25, 0.3) is 0 Å². The van der Waals surface area contributed by atoms with Gasteiger partial charge >= 0.3 is 0 Å². The Hall–Kier alpha value is -0.800. The van der Waals surface area contributed by atoms with Gasteiger partial charge in [-0.15, -0.1) is 0 Å². The van der Waals surface area contributed by atoms with Crippen LogP contribution in [0.3, 0.4) is 0 Å². The number of hydrogen-bond donors (Lipinski definition) is 2. The molecule has 1 fully saturated rings. The molecule has 0 spiro atoms. The lowest BCUT2D eigenvalue weighted by Crippen LogP contribution is -2.42. The van der Waals surface area contributed by atoms with Crippen molar-refractivity contribution in [1.82, 2.24) is 0 Å². The second kappa shape index (κ2) is 3.75. The fraction of sp³-hybridized carbons (Fsp3) is 0.636. The Morgan fingerprint density at radius 2 is 2.07 bits per heavy atom. The maximum absolute atomic E-state index is 10.3. The van der Waals surface area contributed by atoms with E-state index in [0.717, 1.165) is 25.7 Å². The maximum Gasteiger partial charge on any atom is 0.123 e. The van der Waals surface area contributed by atoms with Gasteiger partial charge in [-0.2, -0.15) is 0 Å². The van der Waals surface area contributed by atoms with Crippen molar-refractivity contribution in [3.8, 4) is 0 Å². The number of rotatable bonds is 2. The summed E-state index contributed by atoms with van der Waals surface area (Å²) < 4.78 is 5.23. The molecule has 1 aromatic rings. The standard InChI is InChI=1S/C11H17NO2/c12-10(9-5-4-8-14-9)11(13)6-2-1-3-7-11/h4-5,8,10,13H,1-3,6-7,12H2. The second-order valence-electron chi connectivity index (χ2n) is 4.16. The van der Waals surface area contributed by atoms with Gasteiger partial charge in [-0.05, 0) is 25.0 Å². The topological polar surface area (TPSA) is 59.4 Å². The average Bonchev–Trinajstić information content (AvgIpc) is 2.70. The summed E-state index contributed by atoms with van der Waals surface area (Å²) >= 11 is 0. The summed E-state index contributed by atoms with van der Waals surface area (Å²) in [7, 11) is 0. The molecule has 0 aliphatic heterocycles. The van der Waals surface area contributed by atoms with Crippen LogP contribution in [0.25, 0.3) is 0 Å². The molecule has 0 radical (unpaired) electrons. The number of aliphatic hydroxyl groups is 1. The molecule has 3 N–H and O–H groups in total. The van der Waals surface area contributed by atoms with Gasteiger partial charge in [-0.1, -0.05) is 19.3 Å². The second-order valence-corrected chi connectivity index (χ2v) is 4.16. The van der Waals surface area contributed by atoms with Crippen LogP contribution >= 0.6 is 0 Å². The normalized spacial score (nSPS) is 23.3. The van der Waals surface area contributed by atoms with E-state index in [0.29, 0.717) is 5.76 Å². The lowest BCUT2D eigenvalue weighted by atomic mass is 9.79. The van der Waals surface area contributed by atoms with Crippen LogP contribution < -0.4 is 5.73 Å². The van der Waals surface area contributed by atoms with Crippen molar-refractivity contribution >= 4 is 0 Å². The van der Waals surface area contributed by atoms with Crippen molar-refractivity contribution < 1.29 is 9.52 Å². The first-order valence-corrected chi connectivity index (χ1v) is 5.24. The van der Waals surface area contributed by atoms with E-state index in [1.807, 2.05) is 6.07 Å². The van der Waals surface area contributed by atoms with Crippen LogP contribution in [-0.4, -0.2) is 10.7 Å². The fourth-order valence-electron chi connectivity index (χ4n) is 2.21. The summed E-state index contributed by atoms with van der Waals surface area (Å²) in [5.74, 6) is 0.689. The summed E-state index contributed by atoms with van der Waals surface area (Å²) in [6.45, 7) is 0. The predicted octanol–water partition coefficient (Wildman–Crippen LogP) is 1.97. The highest BCUT2D eigenvalue weighted by Crippen LogP contribution is 2.36. The summed E-state index contributed by atoms with van der Waals surface area (Å²) in [6, 6.07) is 3.26. The first-order valence-electron chi connectivity index (χ1n) is 5.24. The third kappa shape index (κ3) is 1.70. The zero-order valence-corrected chi connectivity index (χ0v) is 8.28. The average molecular weight is 195 g/mol. The SMILES string of the molecule is NC(c1ccco1)C1(O)CCCCC1. The largest absolute Gasteiger partial charge is 0.468 e. The van der Waals surface area contributed by atoms with E-state index in [2.05, 4.69) is 0 Å². The molecular weight excluding hydrogens is 178 g/mol. The minimum Gasteiger partial charge on any atom is -0.468 e. The van der Waals surface area contributed by atoms with Crippen molar-refractivity contribution in [3.05, 3.63) is 24.2 Å². The Balaban J connectivity index is 2.13. The molecule has 3 nitrogen and oxygen atoms in total. The highest BCUT2D eigenvalue weighted by atomic mass is 16.3. The van der Waals surface area contributed by atoms with Crippen molar-refractivity contribution in [1.29, 1.82) is 0 Å². The highest BCUT2D eigenvalue weighted by molar-refractivity contribution is 5.10. The zero-order valence-electron chi connectivity index (χ0n) is 8.28. The van der Waals surface area contributed by atoms with E-state index < -0.39 is 5.60 Å². The molecule has 1 unspecified atom stereocenters. The molecule has 78 valence electrons. The van der Waals surface area contributed by atoms with E-state index in [4.69, 9.17) is 10.2 Å². The quantitative estimate of drug-likeness (QED) is 0.758. The maximum atomic E-state index is 10.3. The lowest BCUT2D eigenvalue weighted by Gasteiger charge is -2.36. The molecule has 0 saturated heterocycles. The third-order valence-corrected chi connectivity index (χ3v) is 3.15. The number of furan rings is 1. The smallest absolute Gasteiger partial charge is 0.123 e. The molecule has 0 amide bonds. The van der Waals surface area contributed by atoms with E-state index in [9.17, 15) is 5.11 Å². The minimum absolute atomic E-state index is 0.377. The van der Waals surface area contributed by atoms with E-state index in [1.165, 1.54) is 6.42 Å². The fourth-order valence-corrected chi connectivity index (χ4v) is 2.21. The lowest BCUT2D eigenvalue weighted by molar-refractivity contribution is -0.0255. The molecular formula is C11H17NO2. The Bertz CT molecular complexity index is 275. The Labute approximate surface area is 83.9 Å². The summed E-state index contributed by atoms with van der Waals surface area (Å²) in [5.41, 5.74) is 5.25. The molecule has 1 aromatic heterocycles. The number of hydrogen-bond acceptors (Lipinski definition) is 3. The predicted molar refractivity (Wildman–Crippen MR) is 53.7 cm³/mol. The minimum atomic E-state index is -0.754. The van der Waals surface area contributed by atoms with Crippen LogP contribution in [0.1, 0.15) is 43.9 Å². The summed E-state index contributed by atoms with van der Waals surface area (Å²) in [4.78, 5) is 0. The molecule has 1 heterocycles. The molecule has 1 aliphatic rings. The van der Waals surface area contributed by atoms with E-state index in [-0.39, 0.29) is 6.04 Å². The summed E-state index contributed by atoms with van der Waals surface area (Å²) in [5, 5.41) is 10.3. The van der Waals surface area contributed by atoms with Crippen molar-refractivity contribution in [2.75, 3.05) is 0 Å². The van der Waals surface area contributed by atoms with Gasteiger partial charge in [-0.25, -0.2) is 0 Å². The first-order chi connectivity index (χ1) is 6.72. The van der Waals surface area contributed by atoms with E-state index >= 15 is 0 Å². The van der Waals surface area contributed by atoms with Crippen LogP contribution in [0.2, 0.25) is 0 Å². The van der Waals surface area contributed by atoms with Gasteiger partial charge in [-0.3, -0.25) is 0 Å². The number of nitrogens with two attached hydrogens (primary N) is 1. The van der Waals surface area contributed by atoms with E-state index in [1.54, 1.807) is 12.3 Å². The molecule has 0 bridgehead atoms. The molecule has 3 heteroatoms. The van der Waals surface area contributed by atoms with Gasteiger partial charge in [0, 0.05) is 0 Å². The monoisotopic (exact) mass is 195 g/mol. The van der Waals surface area contributed by atoms with Crippen molar-refractivity contribution in [3.63, 3.8) is 0 Å². The van der Waals surface area contributed by atoms with Gasteiger partial charge in [0.1, 0.15) is 5.76 Å². The van der Waals surface area contributed by atoms with Crippen LogP contribution in [0.15, 0.2) is 22.8 Å². The molecule has 1 saturated carbocycles. The molecule has 1 atom stereocenters. The van der Waals surface area contributed by atoms with Gasteiger partial charge in [0.15, 0.2) is 0 Å². The van der Waals surface area contributed by atoms with Crippen LogP contribution in [-0.2, 0) is 0 Å². The Morgan fingerprint density at radius 3 is 2.64 bits per heavy atom. The zero-order chi connectivity index (χ0) is 10.0. The summed E-state index contributed by atoms with van der Waals surface area (Å²) in [6.07, 6.45) is 6.49. The molecule has 2 rings (SSSR count). The van der Waals surface area contributed by atoms with Crippen LogP contribution in [0.4, 0.5) is 0 Å². The van der Waals surface area contributed by atoms with Gasteiger partial charge in [0.05, 0.1) is 17.9 Å².